The van der Waals surface area contributed by atoms with Gasteiger partial charge in [0.05, 0.1) is 12.7 Å². The molecule has 2 aliphatic rings. The van der Waals surface area contributed by atoms with Gasteiger partial charge in [-0.25, -0.2) is 0 Å². The van der Waals surface area contributed by atoms with Crippen LogP contribution in [0.2, 0.25) is 0 Å². The Bertz CT molecular complexity index is 361. The summed E-state index contributed by atoms with van der Waals surface area (Å²) in [5.74, 6) is 0. The Balaban J connectivity index is 2.02. The van der Waals surface area contributed by atoms with Gasteiger partial charge in [0.2, 0.25) is 0 Å². The molecule has 1 fully saturated rings. The van der Waals surface area contributed by atoms with Gasteiger partial charge in [-0.05, 0) is 24.5 Å². The van der Waals surface area contributed by atoms with Crippen molar-refractivity contribution in [3.05, 3.63) is 34.9 Å². The number of fused-ring (bicyclic) bond motifs is 3. The summed E-state index contributed by atoms with van der Waals surface area (Å²) in [6.45, 7) is 3.98. The lowest BCUT2D eigenvalue weighted by atomic mass is 10.1. The van der Waals surface area contributed by atoms with Crippen LogP contribution in [0.25, 0.3) is 0 Å². The Labute approximate surface area is 84.3 Å². The summed E-state index contributed by atoms with van der Waals surface area (Å²) in [6.07, 6.45) is 1.43. The minimum Gasteiger partial charge on any atom is -0.371 e. The Morgan fingerprint density at radius 1 is 1.43 bits per heavy atom. The molecule has 0 spiro atoms. The molecule has 14 heavy (non-hydrogen) atoms. The quantitative estimate of drug-likeness (QED) is 0.669. The maximum Gasteiger partial charge on any atom is 0.0984 e. The molecule has 1 aromatic rings. The maximum absolute atomic E-state index is 5.82. The van der Waals surface area contributed by atoms with E-state index in [1.54, 1.807) is 0 Å². The van der Waals surface area contributed by atoms with Gasteiger partial charge in [-0.2, -0.15) is 0 Å². The average Bonchev–Trinajstić information content (AvgIpc) is 2.56. The largest absolute Gasteiger partial charge is 0.371 e. The molecule has 3 rings (SSSR count). The number of aryl methyl sites for hydroxylation is 1. The first-order chi connectivity index (χ1) is 6.84. The Hall–Kier alpha value is -0.860. The fraction of sp³-hybridized carbons (Fsp3) is 0.500. The summed E-state index contributed by atoms with van der Waals surface area (Å²) in [5.41, 5.74) is 4.20. The normalized spacial score (nSPS) is 29.8. The van der Waals surface area contributed by atoms with Crippen molar-refractivity contribution in [3.8, 4) is 0 Å². The van der Waals surface area contributed by atoms with Gasteiger partial charge in [0.15, 0.2) is 0 Å². The Kier molecular flexibility index (Phi) is 1.85. The molecule has 1 aliphatic carbocycles. The number of nitrogens with one attached hydrogen (secondary N) is 1. The van der Waals surface area contributed by atoms with E-state index in [2.05, 4.69) is 30.4 Å². The summed E-state index contributed by atoms with van der Waals surface area (Å²) >= 11 is 0. The number of hydrogen-bond acceptors (Lipinski definition) is 2. The van der Waals surface area contributed by atoms with Crippen LogP contribution in [0.15, 0.2) is 18.2 Å². The summed E-state index contributed by atoms with van der Waals surface area (Å²) in [5, 5.41) is 3.52. The van der Waals surface area contributed by atoms with Gasteiger partial charge in [-0.3, -0.25) is 0 Å². The molecule has 74 valence electrons. The molecule has 0 aromatic heterocycles. The highest BCUT2D eigenvalue weighted by Crippen LogP contribution is 2.36. The van der Waals surface area contributed by atoms with Gasteiger partial charge in [-0.1, -0.05) is 23.8 Å². The van der Waals surface area contributed by atoms with E-state index in [1.807, 2.05) is 0 Å². The summed E-state index contributed by atoms with van der Waals surface area (Å²) in [7, 11) is 0. The monoisotopic (exact) mass is 189 g/mol. The van der Waals surface area contributed by atoms with Gasteiger partial charge in [0, 0.05) is 12.6 Å². The fourth-order valence-electron chi connectivity index (χ4n) is 2.54. The number of morpholine rings is 1. The first kappa shape index (κ1) is 8.45. The van der Waals surface area contributed by atoms with Gasteiger partial charge >= 0.3 is 0 Å². The maximum atomic E-state index is 5.82. The summed E-state index contributed by atoms with van der Waals surface area (Å²) in [6, 6.07) is 7.22. The third-order valence-electron chi connectivity index (χ3n) is 3.22. The molecule has 1 N–H and O–H groups in total. The van der Waals surface area contributed by atoms with Gasteiger partial charge in [-0.15, -0.1) is 0 Å². The lowest BCUT2D eigenvalue weighted by Gasteiger charge is -2.27. The van der Waals surface area contributed by atoms with Crippen molar-refractivity contribution in [2.45, 2.75) is 25.5 Å². The van der Waals surface area contributed by atoms with Crippen LogP contribution in [0.3, 0.4) is 0 Å². The SMILES string of the molecule is Cc1ccc2c(c1)C1OCCNC1C2. The van der Waals surface area contributed by atoms with Crippen molar-refractivity contribution in [1.29, 1.82) is 0 Å². The highest BCUT2D eigenvalue weighted by molar-refractivity contribution is 5.39. The fourth-order valence-corrected chi connectivity index (χ4v) is 2.54. The molecule has 1 aromatic carbocycles. The third kappa shape index (κ3) is 1.18. The van der Waals surface area contributed by atoms with Crippen molar-refractivity contribution in [2.24, 2.45) is 0 Å². The van der Waals surface area contributed by atoms with E-state index < -0.39 is 0 Å². The molecule has 2 heteroatoms. The number of rotatable bonds is 0. The van der Waals surface area contributed by atoms with Crippen molar-refractivity contribution in [3.63, 3.8) is 0 Å². The van der Waals surface area contributed by atoms with Crippen molar-refractivity contribution >= 4 is 0 Å². The predicted molar refractivity (Wildman–Crippen MR) is 55.4 cm³/mol. The van der Waals surface area contributed by atoms with Crippen LogP contribution in [0.4, 0.5) is 0 Å². The zero-order chi connectivity index (χ0) is 9.54. The average molecular weight is 189 g/mol. The van der Waals surface area contributed by atoms with Crippen LogP contribution >= 0.6 is 0 Å². The van der Waals surface area contributed by atoms with E-state index in [0.717, 1.165) is 19.6 Å². The number of benzene rings is 1. The van der Waals surface area contributed by atoms with Crippen LogP contribution in [-0.4, -0.2) is 19.2 Å². The highest BCUT2D eigenvalue weighted by Gasteiger charge is 2.34. The van der Waals surface area contributed by atoms with E-state index >= 15 is 0 Å². The first-order valence-corrected chi connectivity index (χ1v) is 5.29. The molecular formula is C12H15NO. The molecule has 1 aliphatic heterocycles. The lowest BCUT2D eigenvalue weighted by molar-refractivity contribution is 0.00356. The van der Waals surface area contributed by atoms with Crippen LogP contribution in [0.1, 0.15) is 22.8 Å². The minimum absolute atomic E-state index is 0.304. The second-order valence-corrected chi connectivity index (χ2v) is 4.26. The number of ether oxygens (including phenoxy) is 1. The molecule has 1 heterocycles. The second-order valence-electron chi connectivity index (χ2n) is 4.26. The highest BCUT2D eigenvalue weighted by atomic mass is 16.5. The summed E-state index contributed by atoms with van der Waals surface area (Å²) < 4.78 is 5.82. The van der Waals surface area contributed by atoms with Gasteiger partial charge < -0.3 is 10.1 Å². The topological polar surface area (TPSA) is 21.3 Å². The smallest absolute Gasteiger partial charge is 0.0984 e. The van der Waals surface area contributed by atoms with Crippen LogP contribution in [0.5, 0.6) is 0 Å². The predicted octanol–water partition coefficient (Wildman–Crippen LogP) is 1.58. The molecule has 0 saturated carbocycles. The molecular weight excluding hydrogens is 174 g/mol. The standard InChI is InChI=1S/C12H15NO/c1-8-2-3-9-7-11-12(10(9)6-8)14-5-4-13-11/h2-3,6,11-13H,4-5,7H2,1H3. The van der Waals surface area contributed by atoms with E-state index in [0.29, 0.717) is 12.1 Å². The van der Waals surface area contributed by atoms with E-state index in [1.165, 1.54) is 16.7 Å². The molecule has 0 radical (unpaired) electrons. The van der Waals surface area contributed by atoms with Crippen molar-refractivity contribution < 1.29 is 4.74 Å². The molecule has 2 atom stereocenters. The Morgan fingerprint density at radius 2 is 2.36 bits per heavy atom. The third-order valence-corrected chi connectivity index (χ3v) is 3.22. The minimum atomic E-state index is 0.304. The zero-order valence-electron chi connectivity index (χ0n) is 8.42. The lowest BCUT2D eigenvalue weighted by Crippen LogP contribution is -2.41. The van der Waals surface area contributed by atoms with Crippen LogP contribution in [-0.2, 0) is 11.2 Å². The molecule has 0 bridgehead atoms. The molecule has 2 unspecified atom stereocenters. The van der Waals surface area contributed by atoms with E-state index in [9.17, 15) is 0 Å². The van der Waals surface area contributed by atoms with E-state index in [4.69, 9.17) is 4.74 Å². The number of hydrogen-bond donors (Lipinski definition) is 1. The molecule has 2 nitrogen and oxygen atoms in total. The van der Waals surface area contributed by atoms with Crippen molar-refractivity contribution in [2.75, 3.05) is 13.2 Å². The Morgan fingerprint density at radius 3 is 3.29 bits per heavy atom. The van der Waals surface area contributed by atoms with Gasteiger partial charge in [0.1, 0.15) is 0 Å². The van der Waals surface area contributed by atoms with Gasteiger partial charge in [0.25, 0.3) is 0 Å². The first-order valence-electron chi connectivity index (χ1n) is 5.29. The second kappa shape index (κ2) is 3.07. The molecule has 1 saturated heterocycles. The van der Waals surface area contributed by atoms with Crippen molar-refractivity contribution in [1.82, 2.24) is 5.32 Å². The van der Waals surface area contributed by atoms with Crippen LogP contribution < -0.4 is 5.32 Å². The molecule has 0 amide bonds. The summed E-state index contributed by atoms with van der Waals surface area (Å²) in [4.78, 5) is 0. The van der Waals surface area contributed by atoms with Crippen LogP contribution in [0, 0.1) is 6.92 Å². The zero-order valence-corrected chi connectivity index (χ0v) is 8.42. The van der Waals surface area contributed by atoms with E-state index in [-0.39, 0.29) is 0 Å².